The lowest BCUT2D eigenvalue weighted by atomic mass is 9.99. The molecular formula is C32H29F3N8O3. The first-order valence-electron chi connectivity index (χ1n) is 14.7. The largest absolute Gasteiger partial charge is 0.434 e. The Morgan fingerprint density at radius 1 is 1.04 bits per heavy atom. The molecule has 4 aromatic heterocycles. The highest BCUT2D eigenvalue weighted by Gasteiger charge is 2.64. The summed E-state index contributed by atoms with van der Waals surface area (Å²) < 4.78 is 42.9. The summed E-state index contributed by atoms with van der Waals surface area (Å²) in [6.45, 7) is 7.05. The summed E-state index contributed by atoms with van der Waals surface area (Å²) in [5.41, 5.74) is 3.00. The number of halogens is 3. The van der Waals surface area contributed by atoms with Crippen molar-refractivity contribution in [3.63, 3.8) is 0 Å². The predicted molar refractivity (Wildman–Crippen MR) is 161 cm³/mol. The third-order valence-electron chi connectivity index (χ3n) is 9.02. The van der Waals surface area contributed by atoms with Gasteiger partial charge in [0.15, 0.2) is 22.9 Å². The molecule has 1 saturated heterocycles. The number of Topliss-reactive ketones (excluding diaryl/α,β-unsaturated/α-hetero) is 1. The molecule has 3 atom stereocenters. The maximum atomic E-state index is 13.9. The molecule has 2 fully saturated rings. The number of anilines is 1. The monoisotopic (exact) mass is 630 g/mol. The van der Waals surface area contributed by atoms with Gasteiger partial charge in [-0.1, -0.05) is 6.92 Å². The van der Waals surface area contributed by atoms with Gasteiger partial charge in [-0.2, -0.15) is 18.3 Å². The van der Waals surface area contributed by atoms with Crippen molar-refractivity contribution in [3.8, 4) is 11.1 Å². The average Bonchev–Trinajstić information content (AvgIpc) is 3.25. The zero-order valence-corrected chi connectivity index (χ0v) is 25.4. The molecule has 7 rings (SSSR count). The summed E-state index contributed by atoms with van der Waals surface area (Å²) in [7, 11) is 0. The van der Waals surface area contributed by atoms with Crippen LogP contribution in [0.15, 0.2) is 49.1 Å². The SMILES string of the molecule is CC(=O)c1cn(CC(=O)N2[C@H](C(=O)Nc3cncc(C(F)(F)F)n3)C[C@@]3(C)C[C@@H]23)c2c(C)cc(-c3ccc4nc(C)nn4c3)cc12. The van der Waals surface area contributed by atoms with E-state index in [0.29, 0.717) is 29.4 Å². The summed E-state index contributed by atoms with van der Waals surface area (Å²) in [6, 6.07) is 6.64. The fraction of sp³-hybridized carbons (Fsp3) is 0.344. The number of hydrogen-bond donors (Lipinski definition) is 1. The molecule has 0 unspecified atom stereocenters. The second-order valence-electron chi connectivity index (χ2n) is 12.5. The quantitative estimate of drug-likeness (QED) is 0.262. The number of hydrogen-bond acceptors (Lipinski definition) is 7. The van der Waals surface area contributed by atoms with Crippen molar-refractivity contribution in [3.05, 3.63) is 71.7 Å². The molecule has 14 heteroatoms. The molecule has 0 spiro atoms. The van der Waals surface area contributed by atoms with Gasteiger partial charge in [0.1, 0.15) is 18.4 Å². The lowest BCUT2D eigenvalue weighted by molar-refractivity contribution is -0.141. The van der Waals surface area contributed by atoms with E-state index in [9.17, 15) is 27.6 Å². The summed E-state index contributed by atoms with van der Waals surface area (Å²) >= 11 is 0. The summed E-state index contributed by atoms with van der Waals surface area (Å²) in [6.07, 6.45) is 1.52. The average molecular weight is 631 g/mol. The van der Waals surface area contributed by atoms with Crippen LogP contribution in [0, 0.1) is 19.3 Å². The molecule has 5 aromatic rings. The van der Waals surface area contributed by atoms with Crippen LogP contribution in [0.25, 0.3) is 27.7 Å². The number of alkyl halides is 3. The van der Waals surface area contributed by atoms with E-state index in [4.69, 9.17) is 0 Å². The number of rotatable bonds is 6. The molecular weight excluding hydrogens is 601 g/mol. The minimum atomic E-state index is -4.72. The van der Waals surface area contributed by atoms with E-state index in [0.717, 1.165) is 40.5 Å². The third kappa shape index (κ3) is 4.97. The maximum absolute atomic E-state index is 13.9. The number of amides is 2. The van der Waals surface area contributed by atoms with Crippen LogP contribution in [0.4, 0.5) is 19.0 Å². The number of likely N-dealkylation sites (tertiary alicyclic amines) is 1. The molecule has 46 heavy (non-hydrogen) atoms. The number of fused-ring (bicyclic) bond motifs is 3. The molecule has 1 aliphatic carbocycles. The fourth-order valence-electron chi connectivity index (χ4n) is 6.75. The van der Waals surface area contributed by atoms with Crippen LogP contribution >= 0.6 is 0 Å². The number of ketones is 1. The van der Waals surface area contributed by atoms with Gasteiger partial charge in [0.05, 0.1) is 17.9 Å². The molecule has 5 heterocycles. The molecule has 236 valence electrons. The van der Waals surface area contributed by atoms with Gasteiger partial charge in [-0.15, -0.1) is 0 Å². The van der Waals surface area contributed by atoms with Crippen molar-refractivity contribution >= 4 is 40.0 Å². The Morgan fingerprint density at radius 2 is 1.83 bits per heavy atom. The van der Waals surface area contributed by atoms with Crippen LogP contribution in [0.3, 0.4) is 0 Å². The van der Waals surface area contributed by atoms with E-state index in [-0.39, 0.29) is 35.5 Å². The molecule has 0 bridgehead atoms. The minimum absolute atomic E-state index is 0.131. The smallest absolute Gasteiger partial charge is 0.337 e. The zero-order valence-electron chi connectivity index (χ0n) is 25.4. The van der Waals surface area contributed by atoms with Gasteiger partial charge in [0, 0.05) is 34.9 Å². The Labute approximate surface area is 260 Å². The Balaban J connectivity index is 1.19. The van der Waals surface area contributed by atoms with Crippen molar-refractivity contribution < 1.29 is 27.6 Å². The Kier molecular flexibility index (Phi) is 6.55. The molecule has 1 N–H and O–H groups in total. The van der Waals surface area contributed by atoms with Crippen LogP contribution in [-0.4, -0.2) is 63.7 Å². The van der Waals surface area contributed by atoms with Gasteiger partial charge in [-0.3, -0.25) is 19.4 Å². The van der Waals surface area contributed by atoms with E-state index in [2.05, 4.69) is 25.4 Å². The van der Waals surface area contributed by atoms with E-state index >= 15 is 0 Å². The van der Waals surface area contributed by atoms with Crippen LogP contribution in [0.1, 0.15) is 54.1 Å². The fourth-order valence-corrected chi connectivity index (χ4v) is 6.75. The number of carbonyl (C=O) groups excluding carboxylic acids is 3. The van der Waals surface area contributed by atoms with Crippen molar-refractivity contribution in [2.75, 3.05) is 5.32 Å². The molecule has 1 saturated carbocycles. The van der Waals surface area contributed by atoms with E-state index in [1.807, 2.05) is 51.2 Å². The highest BCUT2D eigenvalue weighted by Crippen LogP contribution is 2.59. The highest BCUT2D eigenvalue weighted by atomic mass is 19.4. The second kappa shape index (κ2) is 10.2. The molecule has 11 nitrogen and oxygen atoms in total. The van der Waals surface area contributed by atoms with Gasteiger partial charge in [-0.25, -0.2) is 14.5 Å². The Bertz CT molecular complexity index is 2100. The number of benzene rings is 1. The van der Waals surface area contributed by atoms with E-state index < -0.39 is 23.8 Å². The Morgan fingerprint density at radius 3 is 2.57 bits per heavy atom. The maximum Gasteiger partial charge on any atom is 0.434 e. The van der Waals surface area contributed by atoms with Gasteiger partial charge in [0.25, 0.3) is 0 Å². The van der Waals surface area contributed by atoms with Gasteiger partial charge >= 0.3 is 6.18 Å². The van der Waals surface area contributed by atoms with Crippen molar-refractivity contribution in [1.82, 2.24) is 34.0 Å². The van der Waals surface area contributed by atoms with Crippen LogP contribution in [0.5, 0.6) is 0 Å². The first-order chi connectivity index (χ1) is 21.7. The van der Waals surface area contributed by atoms with Crippen LogP contribution in [0.2, 0.25) is 0 Å². The standard InChI is InChI=1S/C32H29F3N8O3/c1-16-7-20(19-5-6-27-37-18(3)40-42(27)13-19)8-21-22(17(2)44)14-41(29(16)21)15-28(45)43-23(9-31(4)10-25(31)43)30(46)39-26-12-36-11-24(38-26)32(33,34)35/h5-8,11-14,23,25H,9-10,15H2,1-4H3,(H,38,39,46)/t23-,25+,31-/m0/s1. The first-order valence-corrected chi connectivity index (χ1v) is 14.7. The number of piperidine rings is 1. The summed E-state index contributed by atoms with van der Waals surface area (Å²) in [5.74, 6) is -0.810. The first kappa shape index (κ1) is 29.6. The van der Waals surface area contributed by atoms with E-state index in [1.54, 1.807) is 15.3 Å². The zero-order chi connectivity index (χ0) is 32.7. The lowest BCUT2D eigenvalue weighted by Gasteiger charge is -2.27. The minimum Gasteiger partial charge on any atom is -0.337 e. The van der Waals surface area contributed by atoms with E-state index in [1.165, 1.54) is 11.8 Å². The molecule has 0 radical (unpaired) electrons. The molecule has 2 amide bonds. The number of nitrogens with zero attached hydrogens (tertiary/aromatic N) is 7. The number of carbonyl (C=O) groups is 3. The van der Waals surface area contributed by atoms with Gasteiger partial charge < -0.3 is 14.8 Å². The van der Waals surface area contributed by atoms with Gasteiger partial charge in [-0.05, 0) is 74.4 Å². The normalized spacial score (nSPS) is 20.7. The number of nitrogens with one attached hydrogen (secondary N) is 1. The van der Waals surface area contributed by atoms with Gasteiger partial charge in [0.2, 0.25) is 11.8 Å². The van der Waals surface area contributed by atoms with Crippen LogP contribution < -0.4 is 5.32 Å². The predicted octanol–water partition coefficient (Wildman–Crippen LogP) is 5.00. The molecule has 1 aliphatic heterocycles. The number of aryl methyl sites for hydroxylation is 2. The van der Waals surface area contributed by atoms with Crippen molar-refractivity contribution in [2.24, 2.45) is 5.41 Å². The molecule has 2 aliphatic rings. The van der Waals surface area contributed by atoms with Crippen LogP contribution in [-0.2, 0) is 22.3 Å². The van der Waals surface area contributed by atoms with Crippen molar-refractivity contribution in [2.45, 2.75) is 65.3 Å². The third-order valence-corrected chi connectivity index (χ3v) is 9.02. The summed E-state index contributed by atoms with van der Waals surface area (Å²) in [5, 5.41) is 7.52. The topological polar surface area (TPSA) is 127 Å². The highest BCUT2D eigenvalue weighted by molar-refractivity contribution is 6.09. The molecule has 1 aromatic carbocycles. The number of pyridine rings is 1. The summed E-state index contributed by atoms with van der Waals surface area (Å²) in [4.78, 5) is 53.0. The number of aromatic nitrogens is 6. The Hall–Kier alpha value is -5.14. The lowest BCUT2D eigenvalue weighted by Crippen LogP contribution is -2.46. The van der Waals surface area contributed by atoms with Crippen molar-refractivity contribution in [1.29, 1.82) is 0 Å². The second-order valence-corrected chi connectivity index (χ2v) is 12.5.